The highest BCUT2D eigenvalue weighted by molar-refractivity contribution is 5.73. The third-order valence-electron chi connectivity index (χ3n) is 3.70. The summed E-state index contributed by atoms with van der Waals surface area (Å²) in [7, 11) is 1.61. The minimum absolute atomic E-state index is 0.178. The zero-order valence-electron chi connectivity index (χ0n) is 13.9. The molecule has 0 aromatic rings. The molecule has 1 unspecified atom stereocenters. The van der Waals surface area contributed by atoms with Crippen LogP contribution in [0.25, 0.3) is 0 Å². The van der Waals surface area contributed by atoms with E-state index >= 15 is 0 Å². The fraction of sp³-hybridized carbons (Fsp3) is 0.867. The molecule has 0 spiro atoms. The standard InChI is InChI=1S/C15H30N2O4/c1-11(2)12(6-7-13(18)19)8-9-16-14(20)17-10-15(3,4)21-5/h11-12H,6-10H2,1-5H3,(H,18,19)(H2,16,17,20). The number of carbonyl (C=O) groups is 2. The Hall–Kier alpha value is -1.30. The number of hydrogen-bond donors (Lipinski definition) is 3. The van der Waals surface area contributed by atoms with Crippen LogP contribution in [0.5, 0.6) is 0 Å². The van der Waals surface area contributed by atoms with Gasteiger partial charge in [0, 0.05) is 26.6 Å². The van der Waals surface area contributed by atoms with Crippen molar-refractivity contribution in [2.75, 3.05) is 20.2 Å². The predicted octanol–water partition coefficient (Wildman–Crippen LogP) is 2.24. The maximum atomic E-state index is 11.7. The molecule has 0 aromatic heterocycles. The Kier molecular flexibility index (Phi) is 9.01. The summed E-state index contributed by atoms with van der Waals surface area (Å²) in [6.07, 6.45) is 1.61. The van der Waals surface area contributed by atoms with Gasteiger partial charge in [-0.2, -0.15) is 0 Å². The maximum absolute atomic E-state index is 11.7. The van der Waals surface area contributed by atoms with Gasteiger partial charge >= 0.3 is 12.0 Å². The van der Waals surface area contributed by atoms with Crippen molar-refractivity contribution in [3.8, 4) is 0 Å². The predicted molar refractivity (Wildman–Crippen MR) is 82.3 cm³/mol. The van der Waals surface area contributed by atoms with Gasteiger partial charge in [0.05, 0.1) is 5.60 Å². The number of aliphatic carboxylic acids is 1. The van der Waals surface area contributed by atoms with E-state index in [0.717, 1.165) is 6.42 Å². The van der Waals surface area contributed by atoms with Crippen LogP contribution in [-0.4, -0.2) is 42.9 Å². The van der Waals surface area contributed by atoms with Crippen LogP contribution in [0.15, 0.2) is 0 Å². The van der Waals surface area contributed by atoms with E-state index in [0.29, 0.717) is 31.3 Å². The Morgan fingerprint density at radius 3 is 2.29 bits per heavy atom. The molecule has 0 heterocycles. The first-order chi connectivity index (χ1) is 9.68. The molecule has 0 saturated carbocycles. The summed E-state index contributed by atoms with van der Waals surface area (Å²) in [5, 5.41) is 14.3. The van der Waals surface area contributed by atoms with Crippen LogP contribution < -0.4 is 10.6 Å². The number of nitrogens with one attached hydrogen (secondary N) is 2. The summed E-state index contributed by atoms with van der Waals surface area (Å²) >= 11 is 0. The van der Waals surface area contributed by atoms with Crippen molar-refractivity contribution in [1.82, 2.24) is 10.6 Å². The molecule has 6 nitrogen and oxygen atoms in total. The SMILES string of the molecule is COC(C)(C)CNC(=O)NCCC(CCC(=O)O)C(C)C. The van der Waals surface area contributed by atoms with Gasteiger partial charge in [-0.05, 0) is 38.5 Å². The zero-order chi connectivity index (χ0) is 16.5. The normalized spacial score (nSPS) is 13.0. The van der Waals surface area contributed by atoms with Gasteiger partial charge in [0.2, 0.25) is 0 Å². The fourth-order valence-corrected chi connectivity index (χ4v) is 1.92. The van der Waals surface area contributed by atoms with Crippen molar-refractivity contribution in [2.45, 2.75) is 52.6 Å². The molecule has 3 N–H and O–H groups in total. The third-order valence-corrected chi connectivity index (χ3v) is 3.70. The van der Waals surface area contributed by atoms with E-state index in [-0.39, 0.29) is 18.1 Å². The molecule has 6 heteroatoms. The van der Waals surface area contributed by atoms with Gasteiger partial charge in [-0.15, -0.1) is 0 Å². The second kappa shape index (κ2) is 9.60. The molecule has 1 atom stereocenters. The monoisotopic (exact) mass is 302 g/mol. The van der Waals surface area contributed by atoms with Gasteiger partial charge in [-0.1, -0.05) is 13.8 Å². The molecule has 0 radical (unpaired) electrons. The number of hydrogen-bond acceptors (Lipinski definition) is 3. The topological polar surface area (TPSA) is 87.7 Å². The van der Waals surface area contributed by atoms with Crippen LogP contribution in [0.4, 0.5) is 4.79 Å². The van der Waals surface area contributed by atoms with E-state index in [1.807, 2.05) is 13.8 Å². The first-order valence-electron chi connectivity index (χ1n) is 7.46. The van der Waals surface area contributed by atoms with Gasteiger partial charge < -0.3 is 20.5 Å². The first kappa shape index (κ1) is 19.7. The molecule has 124 valence electrons. The third kappa shape index (κ3) is 10.1. The molecular formula is C15H30N2O4. The quantitative estimate of drug-likeness (QED) is 0.577. The highest BCUT2D eigenvalue weighted by Crippen LogP contribution is 2.20. The van der Waals surface area contributed by atoms with Crippen molar-refractivity contribution in [3.63, 3.8) is 0 Å². The van der Waals surface area contributed by atoms with Crippen LogP contribution in [-0.2, 0) is 9.53 Å². The summed E-state index contributed by atoms with van der Waals surface area (Å²) in [5.74, 6) is -0.0633. The molecule has 0 bridgehead atoms. The lowest BCUT2D eigenvalue weighted by molar-refractivity contribution is -0.137. The minimum atomic E-state index is -0.770. The van der Waals surface area contributed by atoms with E-state index in [2.05, 4.69) is 24.5 Å². The van der Waals surface area contributed by atoms with Crippen molar-refractivity contribution < 1.29 is 19.4 Å². The number of urea groups is 1. The molecule has 0 saturated heterocycles. The molecular weight excluding hydrogens is 272 g/mol. The van der Waals surface area contributed by atoms with Crippen LogP contribution >= 0.6 is 0 Å². The number of ether oxygens (including phenoxy) is 1. The number of amides is 2. The summed E-state index contributed by atoms with van der Waals surface area (Å²) < 4.78 is 5.22. The number of carboxylic acids is 1. The highest BCUT2D eigenvalue weighted by atomic mass is 16.5. The average Bonchev–Trinajstić information content (AvgIpc) is 2.39. The smallest absolute Gasteiger partial charge is 0.314 e. The van der Waals surface area contributed by atoms with Crippen LogP contribution in [0.2, 0.25) is 0 Å². The Bertz CT molecular complexity index is 330. The average molecular weight is 302 g/mol. The first-order valence-corrected chi connectivity index (χ1v) is 7.46. The van der Waals surface area contributed by atoms with E-state index in [9.17, 15) is 9.59 Å². The molecule has 0 aliphatic rings. The Morgan fingerprint density at radius 2 is 1.81 bits per heavy atom. The Labute approximate surface area is 127 Å². The number of carbonyl (C=O) groups excluding carboxylic acids is 1. The maximum Gasteiger partial charge on any atom is 0.314 e. The lowest BCUT2D eigenvalue weighted by Crippen LogP contribution is -2.44. The van der Waals surface area contributed by atoms with E-state index in [1.54, 1.807) is 7.11 Å². The van der Waals surface area contributed by atoms with Crippen molar-refractivity contribution >= 4 is 12.0 Å². The summed E-state index contributed by atoms with van der Waals surface area (Å²) in [4.78, 5) is 22.3. The summed E-state index contributed by atoms with van der Waals surface area (Å²) in [6.45, 7) is 8.92. The van der Waals surface area contributed by atoms with Gasteiger partial charge in [0.25, 0.3) is 0 Å². The number of methoxy groups -OCH3 is 1. The van der Waals surface area contributed by atoms with Gasteiger partial charge in [0.15, 0.2) is 0 Å². The van der Waals surface area contributed by atoms with Gasteiger partial charge in [0.1, 0.15) is 0 Å². The fourth-order valence-electron chi connectivity index (χ4n) is 1.92. The zero-order valence-corrected chi connectivity index (χ0v) is 13.9. The highest BCUT2D eigenvalue weighted by Gasteiger charge is 2.18. The Morgan fingerprint density at radius 1 is 1.19 bits per heavy atom. The number of carboxylic acid groups (broad SMARTS) is 1. The van der Waals surface area contributed by atoms with Gasteiger partial charge in [-0.3, -0.25) is 4.79 Å². The van der Waals surface area contributed by atoms with E-state index in [4.69, 9.17) is 9.84 Å². The molecule has 0 fully saturated rings. The van der Waals surface area contributed by atoms with E-state index in [1.165, 1.54) is 0 Å². The molecule has 0 aromatic carbocycles. The minimum Gasteiger partial charge on any atom is -0.481 e. The molecule has 21 heavy (non-hydrogen) atoms. The molecule has 0 aliphatic carbocycles. The van der Waals surface area contributed by atoms with Crippen molar-refractivity contribution in [1.29, 1.82) is 0 Å². The molecule has 0 rings (SSSR count). The largest absolute Gasteiger partial charge is 0.481 e. The van der Waals surface area contributed by atoms with Crippen molar-refractivity contribution in [2.24, 2.45) is 11.8 Å². The lowest BCUT2D eigenvalue weighted by Gasteiger charge is -2.23. The molecule has 2 amide bonds. The lowest BCUT2D eigenvalue weighted by atomic mass is 9.88. The van der Waals surface area contributed by atoms with Crippen LogP contribution in [0.1, 0.15) is 47.0 Å². The second-order valence-electron chi connectivity index (χ2n) is 6.30. The van der Waals surface area contributed by atoms with Crippen LogP contribution in [0, 0.1) is 11.8 Å². The van der Waals surface area contributed by atoms with Crippen molar-refractivity contribution in [3.05, 3.63) is 0 Å². The molecule has 0 aliphatic heterocycles. The Balaban J connectivity index is 3.97. The second-order valence-corrected chi connectivity index (χ2v) is 6.30. The van der Waals surface area contributed by atoms with Crippen LogP contribution in [0.3, 0.4) is 0 Å². The summed E-state index contributed by atoms with van der Waals surface area (Å²) in [5.41, 5.74) is -0.390. The summed E-state index contributed by atoms with van der Waals surface area (Å²) in [6, 6.07) is -0.221. The van der Waals surface area contributed by atoms with E-state index < -0.39 is 5.97 Å². The number of rotatable bonds is 10. The van der Waals surface area contributed by atoms with Gasteiger partial charge in [-0.25, -0.2) is 4.79 Å².